The first kappa shape index (κ1) is 18.2. The van der Waals surface area contributed by atoms with E-state index in [0.717, 1.165) is 17.8 Å². The fourth-order valence-corrected chi connectivity index (χ4v) is 5.07. The molecule has 27 heavy (non-hydrogen) atoms. The van der Waals surface area contributed by atoms with Gasteiger partial charge < -0.3 is 4.98 Å². The lowest BCUT2D eigenvalue weighted by atomic mass is 10.1. The average molecular weight is 387 g/mol. The number of H-pyrrole nitrogens is 1. The standard InChI is InChI=1S/C20H22FN3O2S/c1-15-19(18-4-2-3-5-20(18)22-15)14-23-10-12-24(13-11-23)27(25,26)17-8-6-16(21)7-9-17/h2-9,22H,10-14H2,1H3. The Balaban J connectivity index is 1.46. The van der Waals surface area contributed by atoms with Crippen LogP contribution in [0.25, 0.3) is 10.9 Å². The minimum Gasteiger partial charge on any atom is -0.358 e. The van der Waals surface area contributed by atoms with Gasteiger partial charge in [0, 0.05) is 49.3 Å². The first-order valence-corrected chi connectivity index (χ1v) is 10.4. The second-order valence-electron chi connectivity index (χ2n) is 6.91. The van der Waals surface area contributed by atoms with Gasteiger partial charge in [-0.05, 0) is 42.8 Å². The van der Waals surface area contributed by atoms with Crippen molar-refractivity contribution in [2.45, 2.75) is 18.4 Å². The Labute approximate surface area is 158 Å². The van der Waals surface area contributed by atoms with E-state index in [4.69, 9.17) is 0 Å². The Hall–Kier alpha value is -2.22. The fourth-order valence-electron chi connectivity index (χ4n) is 3.65. The molecule has 5 nitrogen and oxygen atoms in total. The number of nitrogens with one attached hydrogen (secondary N) is 1. The third-order valence-corrected chi connectivity index (χ3v) is 7.10. The molecule has 2 heterocycles. The highest BCUT2D eigenvalue weighted by Crippen LogP contribution is 2.24. The van der Waals surface area contributed by atoms with Gasteiger partial charge in [-0.15, -0.1) is 0 Å². The number of para-hydroxylation sites is 1. The smallest absolute Gasteiger partial charge is 0.243 e. The summed E-state index contributed by atoms with van der Waals surface area (Å²) in [6, 6.07) is 13.3. The summed E-state index contributed by atoms with van der Waals surface area (Å²) in [5, 5.41) is 1.22. The van der Waals surface area contributed by atoms with E-state index in [1.807, 2.05) is 12.1 Å². The Morgan fingerprint density at radius 2 is 1.67 bits per heavy atom. The minimum atomic E-state index is -3.57. The van der Waals surface area contributed by atoms with Crippen molar-refractivity contribution in [1.29, 1.82) is 0 Å². The summed E-state index contributed by atoms with van der Waals surface area (Å²) in [5.74, 6) is -0.437. The monoisotopic (exact) mass is 387 g/mol. The van der Waals surface area contributed by atoms with Gasteiger partial charge >= 0.3 is 0 Å². The van der Waals surface area contributed by atoms with Crippen LogP contribution < -0.4 is 0 Å². The van der Waals surface area contributed by atoms with Crippen LogP contribution in [0.15, 0.2) is 53.4 Å². The van der Waals surface area contributed by atoms with Gasteiger partial charge in [-0.1, -0.05) is 18.2 Å². The highest BCUT2D eigenvalue weighted by atomic mass is 32.2. The van der Waals surface area contributed by atoms with E-state index in [9.17, 15) is 12.8 Å². The predicted molar refractivity (Wildman–Crippen MR) is 103 cm³/mol. The number of piperazine rings is 1. The molecule has 1 aromatic heterocycles. The van der Waals surface area contributed by atoms with Crippen molar-refractivity contribution in [3.8, 4) is 0 Å². The second-order valence-corrected chi connectivity index (χ2v) is 8.85. The number of nitrogens with zero attached hydrogens (tertiary/aromatic N) is 2. The van der Waals surface area contributed by atoms with Gasteiger partial charge in [-0.3, -0.25) is 4.90 Å². The third-order valence-electron chi connectivity index (χ3n) is 5.19. The van der Waals surface area contributed by atoms with Gasteiger partial charge in [-0.2, -0.15) is 4.31 Å². The lowest BCUT2D eigenvalue weighted by Gasteiger charge is -2.34. The number of sulfonamides is 1. The third kappa shape index (κ3) is 3.50. The fraction of sp³-hybridized carbons (Fsp3) is 0.300. The average Bonchev–Trinajstić information content (AvgIpc) is 2.98. The van der Waals surface area contributed by atoms with Crippen molar-refractivity contribution in [1.82, 2.24) is 14.2 Å². The molecule has 4 rings (SSSR count). The van der Waals surface area contributed by atoms with Gasteiger partial charge in [0.2, 0.25) is 10.0 Å². The molecule has 1 saturated heterocycles. The van der Waals surface area contributed by atoms with Gasteiger partial charge in [0.05, 0.1) is 4.90 Å². The van der Waals surface area contributed by atoms with Crippen molar-refractivity contribution in [2.24, 2.45) is 0 Å². The molecule has 0 unspecified atom stereocenters. The largest absolute Gasteiger partial charge is 0.358 e. The summed E-state index contributed by atoms with van der Waals surface area (Å²) < 4.78 is 40.0. The van der Waals surface area contributed by atoms with Crippen LogP contribution in [0, 0.1) is 12.7 Å². The zero-order valence-electron chi connectivity index (χ0n) is 15.2. The SMILES string of the molecule is Cc1[nH]c2ccccc2c1CN1CCN(S(=O)(=O)c2ccc(F)cc2)CC1. The van der Waals surface area contributed by atoms with Crippen LogP contribution in [0.3, 0.4) is 0 Å². The molecule has 1 aliphatic rings. The first-order chi connectivity index (χ1) is 12.9. The quantitative estimate of drug-likeness (QED) is 0.748. The molecule has 2 aromatic carbocycles. The van der Waals surface area contributed by atoms with Crippen LogP contribution in [0.1, 0.15) is 11.3 Å². The number of aromatic amines is 1. The van der Waals surface area contributed by atoms with E-state index in [0.29, 0.717) is 26.2 Å². The molecular formula is C20H22FN3O2S. The Morgan fingerprint density at radius 1 is 1.00 bits per heavy atom. The number of aryl methyl sites for hydroxylation is 1. The predicted octanol–water partition coefficient (Wildman–Crippen LogP) is 3.12. The number of benzene rings is 2. The van der Waals surface area contributed by atoms with Gasteiger partial charge in [-0.25, -0.2) is 12.8 Å². The molecule has 0 saturated carbocycles. The lowest BCUT2D eigenvalue weighted by molar-refractivity contribution is 0.182. The number of halogens is 1. The van der Waals surface area contributed by atoms with Crippen molar-refractivity contribution in [3.05, 3.63) is 65.6 Å². The summed E-state index contributed by atoms with van der Waals surface area (Å²) in [7, 11) is -3.57. The molecule has 1 N–H and O–H groups in total. The molecule has 0 bridgehead atoms. The summed E-state index contributed by atoms with van der Waals surface area (Å²) in [5.41, 5.74) is 3.54. The van der Waals surface area contributed by atoms with Gasteiger partial charge in [0.15, 0.2) is 0 Å². The Morgan fingerprint density at radius 3 is 2.37 bits per heavy atom. The van der Waals surface area contributed by atoms with Crippen molar-refractivity contribution in [3.63, 3.8) is 0 Å². The van der Waals surface area contributed by atoms with E-state index in [2.05, 4.69) is 28.9 Å². The van der Waals surface area contributed by atoms with Crippen LogP contribution in [0.2, 0.25) is 0 Å². The maximum absolute atomic E-state index is 13.1. The summed E-state index contributed by atoms with van der Waals surface area (Å²) in [6.45, 7) is 5.06. The molecule has 7 heteroatoms. The van der Waals surface area contributed by atoms with E-state index in [1.54, 1.807) is 0 Å². The van der Waals surface area contributed by atoms with E-state index in [-0.39, 0.29) is 4.90 Å². The van der Waals surface area contributed by atoms with E-state index < -0.39 is 15.8 Å². The topological polar surface area (TPSA) is 56.4 Å². The van der Waals surface area contributed by atoms with Crippen molar-refractivity contribution in [2.75, 3.05) is 26.2 Å². The van der Waals surface area contributed by atoms with E-state index in [1.165, 1.54) is 39.5 Å². The van der Waals surface area contributed by atoms with Crippen molar-refractivity contribution < 1.29 is 12.8 Å². The first-order valence-electron chi connectivity index (χ1n) is 8.99. The maximum atomic E-state index is 13.1. The number of hydrogen-bond acceptors (Lipinski definition) is 3. The van der Waals surface area contributed by atoms with Gasteiger partial charge in [0.25, 0.3) is 0 Å². The Kier molecular flexibility index (Phi) is 4.75. The van der Waals surface area contributed by atoms with Crippen LogP contribution in [0.5, 0.6) is 0 Å². The number of aromatic nitrogens is 1. The Bertz CT molecular complexity index is 1050. The molecule has 0 atom stereocenters. The maximum Gasteiger partial charge on any atom is 0.243 e. The van der Waals surface area contributed by atoms with Crippen LogP contribution >= 0.6 is 0 Å². The lowest BCUT2D eigenvalue weighted by Crippen LogP contribution is -2.48. The molecule has 3 aromatic rings. The van der Waals surface area contributed by atoms with Crippen LogP contribution in [-0.2, 0) is 16.6 Å². The van der Waals surface area contributed by atoms with Crippen molar-refractivity contribution >= 4 is 20.9 Å². The molecule has 0 radical (unpaired) electrons. The molecule has 0 amide bonds. The molecule has 1 fully saturated rings. The minimum absolute atomic E-state index is 0.143. The highest BCUT2D eigenvalue weighted by Gasteiger charge is 2.28. The van der Waals surface area contributed by atoms with Crippen LogP contribution in [0.4, 0.5) is 4.39 Å². The van der Waals surface area contributed by atoms with Crippen LogP contribution in [-0.4, -0.2) is 48.8 Å². The normalized spacial score (nSPS) is 16.8. The second kappa shape index (κ2) is 7.07. The zero-order valence-corrected chi connectivity index (χ0v) is 16.0. The number of hydrogen-bond donors (Lipinski definition) is 1. The molecule has 0 aliphatic carbocycles. The molecule has 142 valence electrons. The van der Waals surface area contributed by atoms with E-state index >= 15 is 0 Å². The summed E-state index contributed by atoms with van der Waals surface area (Å²) in [6.07, 6.45) is 0. The molecule has 1 aliphatic heterocycles. The zero-order chi connectivity index (χ0) is 19.0. The summed E-state index contributed by atoms with van der Waals surface area (Å²) >= 11 is 0. The highest BCUT2D eigenvalue weighted by molar-refractivity contribution is 7.89. The summed E-state index contributed by atoms with van der Waals surface area (Å²) in [4.78, 5) is 5.83. The molecular weight excluding hydrogens is 365 g/mol. The number of fused-ring (bicyclic) bond motifs is 1. The molecule has 0 spiro atoms. The van der Waals surface area contributed by atoms with Gasteiger partial charge in [0.1, 0.15) is 5.82 Å². The number of rotatable bonds is 4.